The van der Waals surface area contributed by atoms with Crippen molar-refractivity contribution in [2.45, 2.75) is 6.92 Å². The third kappa shape index (κ3) is 2.26. The van der Waals surface area contributed by atoms with E-state index < -0.39 is 0 Å². The van der Waals surface area contributed by atoms with Gasteiger partial charge in [-0.1, -0.05) is 46.3 Å². The van der Waals surface area contributed by atoms with E-state index in [1.165, 1.54) is 10.4 Å². The summed E-state index contributed by atoms with van der Waals surface area (Å²) in [6, 6.07) is 16.5. The highest BCUT2D eigenvalue weighted by atomic mass is 79.9. The van der Waals surface area contributed by atoms with E-state index >= 15 is 0 Å². The van der Waals surface area contributed by atoms with Crippen LogP contribution < -0.4 is 0 Å². The maximum absolute atomic E-state index is 4.73. The molecule has 0 fully saturated rings. The number of benzene rings is 2. The Labute approximate surface area is 140 Å². The Hall–Kier alpha value is -1.98. The summed E-state index contributed by atoms with van der Waals surface area (Å²) in [7, 11) is 0. The van der Waals surface area contributed by atoms with Crippen molar-refractivity contribution in [1.82, 2.24) is 15.2 Å². The Balaban J connectivity index is 1.84. The van der Waals surface area contributed by atoms with Gasteiger partial charge in [-0.05, 0) is 30.7 Å². The molecule has 0 spiro atoms. The highest BCUT2D eigenvalue weighted by molar-refractivity contribution is 9.10. The first kappa shape index (κ1) is 13.7. The average molecular weight is 370 g/mol. The molecule has 0 amide bonds. The first-order chi connectivity index (χ1) is 10.7. The molecule has 108 valence electrons. The number of rotatable bonds is 2. The molecule has 0 bridgehead atoms. The minimum Gasteiger partial charge on any atom is -0.277 e. The van der Waals surface area contributed by atoms with Crippen LogP contribution >= 0.6 is 27.3 Å². The predicted molar refractivity (Wildman–Crippen MR) is 95.1 cm³/mol. The minimum atomic E-state index is 0.923. The van der Waals surface area contributed by atoms with Crippen LogP contribution in [-0.4, -0.2) is 15.2 Å². The van der Waals surface area contributed by atoms with Gasteiger partial charge in [0.1, 0.15) is 10.7 Å². The summed E-state index contributed by atoms with van der Waals surface area (Å²) < 4.78 is 1.08. The molecule has 0 aliphatic carbocycles. The first-order valence-corrected chi connectivity index (χ1v) is 8.50. The molecule has 0 aliphatic heterocycles. The lowest BCUT2D eigenvalue weighted by atomic mass is 10.2. The molecule has 0 saturated carbocycles. The van der Waals surface area contributed by atoms with Gasteiger partial charge in [-0.15, -0.1) is 11.3 Å². The van der Waals surface area contributed by atoms with Gasteiger partial charge in [0.05, 0.1) is 16.1 Å². The highest BCUT2D eigenvalue weighted by Gasteiger charge is 2.15. The zero-order valence-electron chi connectivity index (χ0n) is 11.8. The van der Waals surface area contributed by atoms with Crippen LogP contribution in [0.15, 0.2) is 53.0 Å². The van der Waals surface area contributed by atoms with Crippen LogP contribution in [0.1, 0.15) is 5.69 Å². The standard InChI is InChI=1S/C17H12BrN3S/c1-10-16(11-6-8-12(18)9-7-11)22-17(19-10)15-13-4-2-3-5-14(13)20-21-15/h2-9H,1H3,(H,20,21). The Morgan fingerprint density at radius 3 is 2.64 bits per heavy atom. The number of hydrogen-bond acceptors (Lipinski definition) is 3. The molecule has 2 aromatic heterocycles. The lowest BCUT2D eigenvalue weighted by molar-refractivity contribution is 1.11. The second-order valence-electron chi connectivity index (χ2n) is 5.06. The second-order valence-corrected chi connectivity index (χ2v) is 6.97. The summed E-state index contributed by atoms with van der Waals surface area (Å²) >= 11 is 5.16. The highest BCUT2D eigenvalue weighted by Crippen LogP contribution is 2.37. The molecule has 0 unspecified atom stereocenters. The molecule has 4 rings (SSSR count). The molecule has 2 aromatic carbocycles. The van der Waals surface area contributed by atoms with Crippen molar-refractivity contribution in [3.05, 3.63) is 58.7 Å². The minimum absolute atomic E-state index is 0.923. The number of halogens is 1. The number of aromatic nitrogens is 3. The monoisotopic (exact) mass is 369 g/mol. The van der Waals surface area contributed by atoms with Crippen molar-refractivity contribution in [2.75, 3.05) is 0 Å². The fourth-order valence-electron chi connectivity index (χ4n) is 2.49. The van der Waals surface area contributed by atoms with Crippen LogP contribution in [0.4, 0.5) is 0 Å². The molecule has 0 radical (unpaired) electrons. The summed E-state index contributed by atoms with van der Waals surface area (Å²) in [5.41, 5.74) is 4.18. The van der Waals surface area contributed by atoms with Crippen molar-refractivity contribution in [3.8, 4) is 21.1 Å². The molecule has 1 N–H and O–H groups in total. The Morgan fingerprint density at radius 1 is 1.05 bits per heavy atom. The number of nitrogens with one attached hydrogen (secondary N) is 1. The fourth-order valence-corrected chi connectivity index (χ4v) is 3.83. The van der Waals surface area contributed by atoms with E-state index in [2.05, 4.69) is 56.5 Å². The molecular weight excluding hydrogens is 358 g/mol. The Kier molecular flexibility index (Phi) is 3.32. The fraction of sp³-hybridized carbons (Fsp3) is 0.0588. The molecule has 0 saturated heterocycles. The number of aryl methyl sites for hydroxylation is 1. The van der Waals surface area contributed by atoms with E-state index in [1.807, 2.05) is 25.1 Å². The van der Waals surface area contributed by atoms with Gasteiger partial charge < -0.3 is 0 Å². The van der Waals surface area contributed by atoms with Crippen molar-refractivity contribution in [1.29, 1.82) is 0 Å². The number of nitrogens with zero attached hydrogens (tertiary/aromatic N) is 2. The summed E-state index contributed by atoms with van der Waals surface area (Å²) in [5, 5.41) is 9.58. The van der Waals surface area contributed by atoms with Crippen LogP contribution in [0, 0.1) is 6.92 Å². The van der Waals surface area contributed by atoms with E-state index in [9.17, 15) is 0 Å². The van der Waals surface area contributed by atoms with E-state index in [0.29, 0.717) is 0 Å². The normalized spacial score (nSPS) is 11.2. The van der Waals surface area contributed by atoms with Gasteiger partial charge in [0.25, 0.3) is 0 Å². The Bertz CT molecular complexity index is 954. The lowest BCUT2D eigenvalue weighted by Gasteiger charge is -1.98. The van der Waals surface area contributed by atoms with Gasteiger partial charge in [0.15, 0.2) is 0 Å². The number of hydrogen-bond donors (Lipinski definition) is 1. The van der Waals surface area contributed by atoms with Gasteiger partial charge in [-0.3, -0.25) is 5.10 Å². The maximum Gasteiger partial charge on any atom is 0.145 e. The molecule has 0 aliphatic rings. The van der Waals surface area contributed by atoms with Gasteiger partial charge in [0.2, 0.25) is 0 Å². The lowest BCUT2D eigenvalue weighted by Crippen LogP contribution is -1.79. The largest absolute Gasteiger partial charge is 0.277 e. The van der Waals surface area contributed by atoms with E-state index in [0.717, 1.165) is 31.8 Å². The van der Waals surface area contributed by atoms with Crippen LogP contribution in [0.5, 0.6) is 0 Å². The topological polar surface area (TPSA) is 41.6 Å². The Morgan fingerprint density at radius 2 is 1.82 bits per heavy atom. The van der Waals surface area contributed by atoms with Crippen LogP contribution in [-0.2, 0) is 0 Å². The predicted octanol–water partition coefficient (Wildman–Crippen LogP) is 5.42. The van der Waals surface area contributed by atoms with Crippen molar-refractivity contribution >= 4 is 38.2 Å². The molecule has 2 heterocycles. The average Bonchev–Trinajstić information content (AvgIpc) is 3.11. The van der Waals surface area contributed by atoms with Gasteiger partial charge in [0, 0.05) is 9.86 Å². The van der Waals surface area contributed by atoms with Crippen LogP contribution in [0.3, 0.4) is 0 Å². The number of para-hydroxylation sites is 1. The maximum atomic E-state index is 4.73. The molecule has 0 atom stereocenters. The van der Waals surface area contributed by atoms with Gasteiger partial charge in [-0.2, -0.15) is 5.10 Å². The first-order valence-electron chi connectivity index (χ1n) is 6.89. The van der Waals surface area contributed by atoms with Crippen LogP contribution in [0.25, 0.3) is 32.0 Å². The zero-order valence-corrected chi connectivity index (χ0v) is 14.2. The second kappa shape index (κ2) is 5.34. The SMILES string of the molecule is Cc1nc(-c2n[nH]c3ccccc23)sc1-c1ccc(Br)cc1. The summed E-state index contributed by atoms with van der Waals surface area (Å²) in [6.07, 6.45) is 0. The van der Waals surface area contributed by atoms with Crippen LogP contribution in [0.2, 0.25) is 0 Å². The van der Waals surface area contributed by atoms with Crippen molar-refractivity contribution in [2.24, 2.45) is 0 Å². The molecule has 22 heavy (non-hydrogen) atoms. The molecule has 5 heteroatoms. The number of thiazole rings is 1. The van der Waals surface area contributed by atoms with Crippen molar-refractivity contribution < 1.29 is 0 Å². The number of aromatic amines is 1. The summed E-state index contributed by atoms with van der Waals surface area (Å²) in [5.74, 6) is 0. The van der Waals surface area contributed by atoms with E-state index in [-0.39, 0.29) is 0 Å². The summed E-state index contributed by atoms with van der Waals surface area (Å²) in [4.78, 5) is 5.92. The molecular formula is C17H12BrN3S. The van der Waals surface area contributed by atoms with E-state index in [1.54, 1.807) is 11.3 Å². The zero-order chi connectivity index (χ0) is 15.1. The third-order valence-corrected chi connectivity index (χ3v) is 5.32. The number of fused-ring (bicyclic) bond motifs is 1. The van der Waals surface area contributed by atoms with E-state index in [4.69, 9.17) is 4.98 Å². The van der Waals surface area contributed by atoms with Gasteiger partial charge >= 0.3 is 0 Å². The quantitative estimate of drug-likeness (QED) is 0.512. The molecule has 4 aromatic rings. The third-order valence-electron chi connectivity index (χ3n) is 3.58. The smallest absolute Gasteiger partial charge is 0.145 e. The number of H-pyrrole nitrogens is 1. The molecule has 3 nitrogen and oxygen atoms in total. The van der Waals surface area contributed by atoms with Crippen molar-refractivity contribution in [3.63, 3.8) is 0 Å². The van der Waals surface area contributed by atoms with Gasteiger partial charge in [-0.25, -0.2) is 4.98 Å². The summed E-state index contributed by atoms with van der Waals surface area (Å²) in [6.45, 7) is 2.05.